The molecular formula is C20H27N3O3S2. The second kappa shape index (κ2) is 9.17. The summed E-state index contributed by atoms with van der Waals surface area (Å²) < 4.78 is 28.5. The molecule has 0 bridgehead atoms. The lowest BCUT2D eigenvalue weighted by Crippen LogP contribution is -2.45. The lowest BCUT2D eigenvalue weighted by atomic mass is 10.0. The summed E-state index contributed by atoms with van der Waals surface area (Å²) in [5.41, 5.74) is 1.28. The Bertz CT molecular complexity index is 888. The highest BCUT2D eigenvalue weighted by Crippen LogP contribution is 2.26. The van der Waals surface area contributed by atoms with Crippen LogP contribution >= 0.6 is 11.3 Å². The molecule has 1 aliphatic rings. The monoisotopic (exact) mass is 421 g/mol. The van der Waals surface area contributed by atoms with Crippen LogP contribution in [-0.4, -0.2) is 38.4 Å². The summed E-state index contributed by atoms with van der Waals surface area (Å²) in [6.07, 6.45) is 1.58. The highest BCUT2D eigenvalue weighted by Gasteiger charge is 2.27. The summed E-state index contributed by atoms with van der Waals surface area (Å²) in [5, 5.41) is 2.69. The largest absolute Gasteiger partial charge is 0.351 e. The summed E-state index contributed by atoms with van der Waals surface area (Å²) in [6.45, 7) is 5.72. The normalized spacial score (nSPS) is 17.4. The molecule has 0 radical (unpaired) electrons. The molecule has 2 heterocycles. The lowest BCUT2D eigenvalue weighted by Gasteiger charge is -2.36. The van der Waals surface area contributed by atoms with Crippen molar-refractivity contribution >= 4 is 27.3 Å². The van der Waals surface area contributed by atoms with Gasteiger partial charge in [0, 0.05) is 37.0 Å². The Kier molecular flexibility index (Phi) is 6.87. The van der Waals surface area contributed by atoms with E-state index in [-0.39, 0.29) is 11.9 Å². The molecule has 1 amide bonds. The van der Waals surface area contributed by atoms with Gasteiger partial charge in [-0.2, -0.15) is 0 Å². The smallest absolute Gasteiger partial charge is 0.250 e. The number of piperidine rings is 1. The molecule has 2 aromatic rings. The van der Waals surface area contributed by atoms with Gasteiger partial charge in [0.2, 0.25) is 15.9 Å². The SMILES string of the molecule is CC(=O)NCc1ccc(S(=O)(=O)NC2CCN(C(C)c3ccccc3)CC2)s1. The minimum atomic E-state index is -3.53. The molecule has 1 saturated heterocycles. The summed E-state index contributed by atoms with van der Waals surface area (Å²) in [5.74, 6) is -0.132. The fourth-order valence-electron chi connectivity index (χ4n) is 3.43. The fraction of sp³-hybridized carbons (Fsp3) is 0.450. The predicted molar refractivity (Wildman–Crippen MR) is 112 cm³/mol. The van der Waals surface area contributed by atoms with Gasteiger partial charge in [0.15, 0.2) is 0 Å². The third-order valence-electron chi connectivity index (χ3n) is 5.09. The van der Waals surface area contributed by atoms with E-state index in [1.165, 1.54) is 23.8 Å². The van der Waals surface area contributed by atoms with Crippen LogP contribution in [0.4, 0.5) is 0 Å². The van der Waals surface area contributed by atoms with Gasteiger partial charge in [0.25, 0.3) is 0 Å². The summed E-state index contributed by atoms with van der Waals surface area (Å²) in [4.78, 5) is 14.2. The second-order valence-corrected chi connectivity index (χ2v) is 10.3. The van der Waals surface area contributed by atoms with E-state index < -0.39 is 10.0 Å². The van der Waals surface area contributed by atoms with Crippen LogP contribution in [0, 0.1) is 0 Å². The van der Waals surface area contributed by atoms with Gasteiger partial charge < -0.3 is 5.32 Å². The van der Waals surface area contributed by atoms with Gasteiger partial charge >= 0.3 is 0 Å². The van der Waals surface area contributed by atoms with Crippen LogP contribution in [-0.2, 0) is 21.4 Å². The van der Waals surface area contributed by atoms with Crippen molar-refractivity contribution in [1.82, 2.24) is 14.9 Å². The van der Waals surface area contributed by atoms with Gasteiger partial charge in [0.1, 0.15) is 4.21 Å². The van der Waals surface area contributed by atoms with Crippen molar-refractivity contribution < 1.29 is 13.2 Å². The van der Waals surface area contributed by atoms with Crippen LogP contribution in [0.3, 0.4) is 0 Å². The number of carbonyl (C=O) groups excluding carboxylic acids is 1. The molecule has 0 spiro atoms. The number of nitrogens with one attached hydrogen (secondary N) is 2. The second-order valence-electron chi connectivity index (χ2n) is 7.15. The molecule has 0 saturated carbocycles. The van der Waals surface area contributed by atoms with Gasteiger partial charge in [-0.25, -0.2) is 13.1 Å². The minimum Gasteiger partial charge on any atom is -0.351 e. The van der Waals surface area contributed by atoms with Crippen LogP contribution in [0.5, 0.6) is 0 Å². The molecule has 2 N–H and O–H groups in total. The molecule has 1 aromatic carbocycles. The first-order valence-electron chi connectivity index (χ1n) is 9.49. The number of hydrogen-bond donors (Lipinski definition) is 2. The molecular weight excluding hydrogens is 394 g/mol. The molecule has 1 atom stereocenters. The maximum absolute atomic E-state index is 12.7. The number of nitrogens with zero attached hydrogens (tertiary/aromatic N) is 1. The van der Waals surface area contributed by atoms with E-state index in [1.807, 2.05) is 18.2 Å². The van der Waals surface area contributed by atoms with E-state index >= 15 is 0 Å². The Hall–Kier alpha value is -1.74. The standard InChI is InChI=1S/C20H27N3O3S2/c1-15(17-6-4-3-5-7-17)23-12-10-18(11-13-23)22-28(25,26)20-9-8-19(27-20)14-21-16(2)24/h3-9,15,18,22H,10-14H2,1-2H3,(H,21,24). The van der Waals surface area contributed by atoms with E-state index in [4.69, 9.17) is 0 Å². The highest BCUT2D eigenvalue weighted by atomic mass is 32.2. The van der Waals surface area contributed by atoms with Crippen LogP contribution in [0.25, 0.3) is 0 Å². The number of likely N-dealkylation sites (tertiary alicyclic amines) is 1. The third-order valence-corrected chi connectivity index (χ3v) is 8.19. The average Bonchev–Trinajstić information content (AvgIpc) is 3.17. The number of benzene rings is 1. The molecule has 0 aliphatic carbocycles. The minimum absolute atomic E-state index is 0.0508. The first kappa shape index (κ1) is 21.0. The zero-order chi connectivity index (χ0) is 20.1. The predicted octanol–water partition coefficient (Wildman–Crippen LogP) is 2.89. The topological polar surface area (TPSA) is 78.5 Å². The molecule has 152 valence electrons. The van der Waals surface area contributed by atoms with Crippen molar-refractivity contribution in [2.24, 2.45) is 0 Å². The Morgan fingerprint density at radius 1 is 1.18 bits per heavy atom. The van der Waals surface area contributed by atoms with Crippen molar-refractivity contribution in [2.75, 3.05) is 13.1 Å². The average molecular weight is 422 g/mol. The molecule has 3 rings (SSSR count). The Balaban J connectivity index is 1.54. The first-order chi connectivity index (χ1) is 13.3. The van der Waals surface area contributed by atoms with Crippen LogP contribution in [0.1, 0.15) is 43.2 Å². The number of amides is 1. The zero-order valence-electron chi connectivity index (χ0n) is 16.2. The van der Waals surface area contributed by atoms with Gasteiger partial charge in [-0.15, -0.1) is 11.3 Å². The number of thiophene rings is 1. The van der Waals surface area contributed by atoms with Crippen molar-refractivity contribution in [1.29, 1.82) is 0 Å². The van der Waals surface area contributed by atoms with E-state index in [0.717, 1.165) is 30.8 Å². The summed E-state index contributed by atoms with van der Waals surface area (Å²) in [7, 11) is -3.53. The van der Waals surface area contributed by atoms with Crippen molar-refractivity contribution in [3.63, 3.8) is 0 Å². The molecule has 28 heavy (non-hydrogen) atoms. The summed E-state index contributed by atoms with van der Waals surface area (Å²) in [6, 6.07) is 14.0. The Labute approximate surface area is 171 Å². The molecule has 6 nitrogen and oxygen atoms in total. The summed E-state index contributed by atoms with van der Waals surface area (Å²) >= 11 is 1.20. The van der Waals surface area contributed by atoms with Gasteiger partial charge in [-0.3, -0.25) is 9.69 Å². The maximum Gasteiger partial charge on any atom is 0.250 e. The lowest BCUT2D eigenvalue weighted by molar-refractivity contribution is -0.119. The van der Waals surface area contributed by atoms with Crippen molar-refractivity contribution in [3.8, 4) is 0 Å². The van der Waals surface area contributed by atoms with Crippen LogP contribution in [0.15, 0.2) is 46.7 Å². The number of rotatable bonds is 7. The first-order valence-corrected chi connectivity index (χ1v) is 11.8. The fourth-order valence-corrected chi connectivity index (χ4v) is 6.05. The van der Waals surface area contributed by atoms with Crippen LogP contribution < -0.4 is 10.0 Å². The Morgan fingerprint density at radius 2 is 1.86 bits per heavy atom. The highest BCUT2D eigenvalue weighted by molar-refractivity contribution is 7.91. The molecule has 1 unspecified atom stereocenters. The quantitative estimate of drug-likeness (QED) is 0.721. The molecule has 1 aliphatic heterocycles. The molecule has 1 aromatic heterocycles. The van der Waals surface area contributed by atoms with E-state index in [1.54, 1.807) is 12.1 Å². The number of sulfonamides is 1. The van der Waals surface area contributed by atoms with E-state index in [0.29, 0.717) is 16.8 Å². The molecule has 8 heteroatoms. The Morgan fingerprint density at radius 3 is 2.50 bits per heavy atom. The number of hydrogen-bond acceptors (Lipinski definition) is 5. The zero-order valence-corrected chi connectivity index (χ0v) is 17.9. The van der Waals surface area contributed by atoms with E-state index in [2.05, 4.69) is 34.0 Å². The third kappa shape index (κ3) is 5.41. The van der Waals surface area contributed by atoms with Crippen molar-refractivity contribution in [3.05, 3.63) is 52.9 Å². The van der Waals surface area contributed by atoms with Crippen LogP contribution in [0.2, 0.25) is 0 Å². The van der Waals surface area contributed by atoms with Gasteiger partial charge in [-0.1, -0.05) is 30.3 Å². The van der Waals surface area contributed by atoms with Crippen molar-refractivity contribution in [2.45, 2.75) is 49.5 Å². The number of carbonyl (C=O) groups is 1. The van der Waals surface area contributed by atoms with E-state index in [9.17, 15) is 13.2 Å². The van der Waals surface area contributed by atoms with Gasteiger partial charge in [0.05, 0.1) is 6.54 Å². The van der Waals surface area contributed by atoms with Gasteiger partial charge in [-0.05, 0) is 37.5 Å². The molecule has 1 fully saturated rings. The maximum atomic E-state index is 12.7.